The van der Waals surface area contributed by atoms with E-state index in [9.17, 15) is 4.79 Å². The number of benzene rings is 1. The summed E-state index contributed by atoms with van der Waals surface area (Å²) >= 11 is 0. The molecule has 4 aromatic rings. The Morgan fingerprint density at radius 2 is 2.15 bits per heavy atom. The van der Waals surface area contributed by atoms with Crippen LogP contribution < -0.4 is 10.1 Å². The number of nitrogens with one attached hydrogen (secondary N) is 2. The molecule has 0 aliphatic heterocycles. The molecule has 0 spiro atoms. The summed E-state index contributed by atoms with van der Waals surface area (Å²) in [6.45, 7) is 4.14. The largest absolute Gasteiger partial charge is 0.497 e. The van der Waals surface area contributed by atoms with Crippen molar-refractivity contribution >= 4 is 27.9 Å². The van der Waals surface area contributed by atoms with Gasteiger partial charge < -0.3 is 19.6 Å². The SMILES string of the molecule is COc1ccc2[nH]cc(CCNC(=O)c3cc(C)nc4onc(C)c34)c2c1. The normalized spacial score (nSPS) is 11.2. The molecule has 4 rings (SSSR count). The molecule has 1 amide bonds. The lowest BCUT2D eigenvalue weighted by Crippen LogP contribution is -2.26. The van der Waals surface area contributed by atoms with E-state index < -0.39 is 0 Å². The van der Waals surface area contributed by atoms with E-state index >= 15 is 0 Å². The predicted molar refractivity (Wildman–Crippen MR) is 102 cm³/mol. The van der Waals surface area contributed by atoms with Gasteiger partial charge in [0.25, 0.3) is 11.6 Å². The Balaban J connectivity index is 1.52. The summed E-state index contributed by atoms with van der Waals surface area (Å²) in [5, 5.41) is 8.66. The van der Waals surface area contributed by atoms with Gasteiger partial charge in [0.1, 0.15) is 5.75 Å². The standard InChI is InChI=1S/C20H20N4O3/c1-11-8-16(18-12(2)24-27-20(18)23-11)19(25)21-7-6-13-10-22-17-5-4-14(26-3)9-15(13)17/h4-5,8-10,22H,6-7H2,1-3H3,(H,21,25). The van der Waals surface area contributed by atoms with E-state index in [2.05, 4.69) is 20.4 Å². The van der Waals surface area contributed by atoms with Gasteiger partial charge in [-0.1, -0.05) is 5.16 Å². The molecule has 3 heterocycles. The molecule has 0 unspecified atom stereocenters. The third-order valence-electron chi connectivity index (χ3n) is 4.64. The van der Waals surface area contributed by atoms with Crippen LogP contribution in [0.2, 0.25) is 0 Å². The van der Waals surface area contributed by atoms with Gasteiger partial charge in [-0.05, 0) is 50.1 Å². The van der Waals surface area contributed by atoms with Crippen molar-refractivity contribution in [2.45, 2.75) is 20.3 Å². The zero-order valence-corrected chi connectivity index (χ0v) is 15.4. The van der Waals surface area contributed by atoms with Gasteiger partial charge in [0, 0.05) is 29.3 Å². The van der Waals surface area contributed by atoms with Crippen molar-refractivity contribution in [2.75, 3.05) is 13.7 Å². The molecule has 0 saturated carbocycles. The van der Waals surface area contributed by atoms with E-state index in [0.717, 1.165) is 22.2 Å². The number of hydrogen-bond acceptors (Lipinski definition) is 5. The van der Waals surface area contributed by atoms with Crippen LogP contribution in [0.1, 0.15) is 27.3 Å². The summed E-state index contributed by atoms with van der Waals surface area (Å²) in [6, 6.07) is 7.67. The van der Waals surface area contributed by atoms with Gasteiger partial charge in [0.05, 0.1) is 23.8 Å². The molecule has 0 saturated heterocycles. The van der Waals surface area contributed by atoms with Crippen LogP contribution in [0.4, 0.5) is 0 Å². The molecule has 0 bridgehead atoms. The molecule has 3 aromatic heterocycles. The lowest BCUT2D eigenvalue weighted by molar-refractivity contribution is 0.0955. The quantitative estimate of drug-likeness (QED) is 0.567. The minimum atomic E-state index is -0.158. The van der Waals surface area contributed by atoms with E-state index in [0.29, 0.717) is 41.0 Å². The van der Waals surface area contributed by atoms with Crippen molar-refractivity contribution < 1.29 is 14.1 Å². The molecule has 7 nitrogen and oxygen atoms in total. The second-order valence-electron chi connectivity index (χ2n) is 6.49. The lowest BCUT2D eigenvalue weighted by atomic mass is 10.1. The van der Waals surface area contributed by atoms with Crippen LogP contribution in [0.15, 0.2) is 35.0 Å². The number of amides is 1. The maximum Gasteiger partial charge on any atom is 0.258 e. The summed E-state index contributed by atoms with van der Waals surface area (Å²) in [6.07, 6.45) is 2.67. The van der Waals surface area contributed by atoms with E-state index in [1.165, 1.54) is 0 Å². The summed E-state index contributed by atoms with van der Waals surface area (Å²) in [7, 11) is 1.65. The number of fused-ring (bicyclic) bond motifs is 2. The molecular formula is C20H20N4O3. The number of hydrogen-bond donors (Lipinski definition) is 2. The van der Waals surface area contributed by atoms with Crippen molar-refractivity contribution in [3.63, 3.8) is 0 Å². The Hall–Kier alpha value is -3.35. The zero-order valence-electron chi connectivity index (χ0n) is 15.4. The molecule has 138 valence electrons. The van der Waals surface area contributed by atoms with Crippen LogP contribution in [0.25, 0.3) is 22.0 Å². The predicted octanol–water partition coefficient (Wildman–Crippen LogP) is 3.30. The number of nitrogens with zero attached hydrogens (tertiary/aromatic N) is 2. The first-order chi connectivity index (χ1) is 13.1. The molecule has 0 aliphatic carbocycles. The van der Waals surface area contributed by atoms with Gasteiger partial charge in [-0.15, -0.1) is 0 Å². The van der Waals surface area contributed by atoms with Crippen LogP contribution >= 0.6 is 0 Å². The summed E-state index contributed by atoms with van der Waals surface area (Å²) < 4.78 is 10.5. The topological polar surface area (TPSA) is 93.0 Å². The van der Waals surface area contributed by atoms with E-state index in [4.69, 9.17) is 9.26 Å². The highest BCUT2D eigenvalue weighted by Crippen LogP contribution is 2.24. The van der Waals surface area contributed by atoms with E-state index in [-0.39, 0.29) is 5.91 Å². The Labute approximate surface area is 155 Å². The molecule has 0 atom stereocenters. The van der Waals surface area contributed by atoms with Crippen molar-refractivity contribution in [3.8, 4) is 5.75 Å². The van der Waals surface area contributed by atoms with Crippen molar-refractivity contribution in [1.29, 1.82) is 0 Å². The molecular weight excluding hydrogens is 344 g/mol. The first-order valence-electron chi connectivity index (χ1n) is 8.72. The smallest absolute Gasteiger partial charge is 0.258 e. The minimum Gasteiger partial charge on any atom is -0.497 e. The first kappa shape index (κ1) is 17.1. The van der Waals surface area contributed by atoms with Gasteiger partial charge in [0.15, 0.2) is 0 Å². The van der Waals surface area contributed by atoms with Crippen molar-refractivity contribution in [3.05, 3.63) is 53.0 Å². The number of pyridine rings is 1. The average Bonchev–Trinajstić information content (AvgIpc) is 3.24. The highest BCUT2D eigenvalue weighted by atomic mass is 16.5. The highest BCUT2D eigenvalue weighted by molar-refractivity contribution is 6.06. The maximum atomic E-state index is 12.7. The Morgan fingerprint density at radius 3 is 2.96 bits per heavy atom. The van der Waals surface area contributed by atoms with Crippen molar-refractivity contribution in [1.82, 2.24) is 20.4 Å². The molecule has 27 heavy (non-hydrogen) atoms. The number of aromatic nitrogens is 3. The van der Waals surface area contributed by atoms with Crippen LogP contribution in [-0.2, 0) is 6.42 Å². The summed E-state index contributed by atoms with van der Waals surface area (Å²) in [5.41, 5.74) is 4.47. The van der Waals surface area contributed by atoms with Crippen LogP contribution in [0.3, 0.4) is 0 Å². The number of ether oxygens (including phenoxy) is 1. The number of aryl methyl sites for hydroxylation is 2. The van der Waals surface area contributed by atoms with E-state index in [1.807, 2.05) is 31.3 Å². The molecule has 0 radical (unpaired) electrons. The molecule has 1 aromatic carbocycles. The summed E-state index contributed by atoms with van der Waals surface area (Å²) in [4.78, 5) is 20.3. The van der Waals surface area contributed by atoms with Gasteiger partial charge in [-0.25, -0.2) is 4.98 Å². The van der Waals surface area contributed by atoms with Gasteiger partial charge in [-0.2, -0.15) is 0 Å². The van der Waals surface area contributed by atoms with E-state index in [1.54, 1.807) is 20.1 Å². The first-order valence-corrected chi connectivity index (χ1v) is 8.72. The fourth-order valence-electron chi connectivity index (χ4n) is 3.29. The second-order valence-corrected chi connectivity index (χ2v) is 6.49. The Morgan fingerprint density at radius 1 is 1.30 bits per heavy atom. The minimum absolute atomic E-state index is 0.158. The number of H-pyrrole nitrogens is 1. The van der Waals surface area contributed by atoms with Gasteiger partial charge in [0.2, 0.25) is 0 Å². The Kier molecular flexibility index (Phi) is 4.27. The lowest BCUT2D eigenvalue weighted by Gasteiger charge is -2.07. The number of carbonyl (C=O) groups excluding carboxylic acids is 1. The van der Waals surface area contributed by atoms with Gasteiger partial charge >= 0.3 is 0 Å². The second kappa shape index (κ2) is 6.75. The monoisotopic (exact) mass is 364 g/mol. The maximum absolute atomic E-state index is 12.7. The van der Waals surface area contributed by atoms with Crippen LogP contribution in [-0.4, -0.2) is 34.7 Å². The van der Waals surface area contributed by atoms with Crippen LogP contribution in [0.5, 0.6) is 5.75 Å². The number of methoxy groups -OCH3 is 1. The Bertz CT molecular complexity index is 1140. The van der Waals surface area contributed by atoms with Crippen molar-refractivity contribution in [2.24, 2.45) is 0 Å². The van der Waals surface area contributed by atoms with Crippen LogP contribution in [0, 0.1) is 13.8 Å². The summed E-state index contributed by atoms with van der Waals surface area (Å²) in [5.74, 6) is 0.652. The van der Waals surface area contributed by atoms with Gasteiger partial charge in [-0.3, -0.25) is 4.79 Å². The molecule has 0 aliphatic rings. The average molecular weight is 364 g/mol. The fourth-order valence-corrected chi connectivity index (χ4v) is 3.29. The zero-order chi connectivity index (χ0) is 19.0. The molecule has 0 fully saturated rings. The molecule has 2 N–H and O–H groups in total. The number of carbonyl (C=O) groups is 1. The fraction of sp³-hybridized carbons (Fsp3) is 0.250. The highest BCUT2D eigenvalue weighted by Gasteiger charge is 2.17. The number of aromatic amines is 1. The third-order valence-corrected chi connectivity index (χ3v) is 4.64. The number of rotatable bonds is 5. The third kappa shape index (κ3) is 3.12. The molecule has 7 heteroatoms.